The molecule has 2 bridgehead atoms. The molecule has 1 saturated carbocycles. The number of halogens is 1. The number of rotatable bonds is 3. The lowest BCUT2D eigenvalue weighted by Gasteiger charge is -2.33. The van der Waals surface area contributed by atoms with E-state index in [2.05, 4.69) is 17.0 Å². The smallest absolute Gasteiger partial charge is 0.253 e. The Hall–Kier alpha value is -2.11. The van der Waals surface area contributed by atoms with Gasteiger partial charge >= 0.3 is 0 Å². The second kappa shape index (κ2) is 7.05. The number of nitrogens with zero attached hydrogens (tertiary/aromatic N) is 3. The van der Waals surface area contributed by atoms with Crippen LogP contribution < -0.4 is 4.90 Å². The molecule has 1 aromatic carbocycles. The Morgan fingerprint density at radius 1 is 0.929 bits per heavy atom. The van der Waals surface area contributed by atoms with Gasteiger partial charge in [-0.1, -0.05) is 0 Å². The molecule has 150 valence electrons. The summed E-state index contributed by atoms with van der Waals surface area (Å²) in [6, 6.07) is 8.03. The summed E-state index contributed by atoms with van der Waals surface area (Å²) in [5, 5.41) is 0. The Balaban J connectivity index is 1.24. The van der Waals surface area contributed by atoms with Crippen LogP contribution >= 0.6 is 0 Å². The Labute approximate surface area is 165 Å². The van der Waals surface area contributed by atoms with Gasteiger partial charge in [0.05, 0.1) is 5.92 Å². The maximum atomic E-state index is 13.3. The molecule has 4 fully saturated rings. The summed E-state index contributed by atoms with van der Waals surface area (Å²) in [4.78, 5) is 31.6. The van der Waals surface area contributed by atoms with Crippen molar-refractivity contribution in [2.75, 3.05) is 37.6 Å². The molecule has 3 saturated heterocycles. The summed E-state index contributed by atoms with van der Waals surface area (Å²) < 4.78 is 13.3. The topological polar surface area (TPSA) is 43.9 Å². The lowest BCUT2D eigenvalue weighted by atomic mass is 9.99. The van der Waals surface area contributed by atoms with Crippen LogP contribution in [0.1, 0.15) is 42.5 Å². The summed E-state index contributed by atoms with van der Waals surface area (Å²) in [6.45, 7) is 4.11. The van der Waals surface area contributed by atoms with Crippen LogP contribution in [0.3, 0.4) is 0 Å². The second-order valence-electron chi connectivity index (χ2n) is 8.91. The van der Waals surface area contributed by atoms with Crippen molar-refractivity contribution >= 4 is 17.5 Å². The molecule has 3 aliphatic heterocycles. The molecule has 0 spiro atoms. The molecular formula is C22H28FN3O2. The van der Waals surface area contributed by atoms with Crippen molar-refractivity contribution in [2.45, 2.75) is 44.3 Å². The number of alkyl halides is 1. The fraction of sp³-hybridized carbons (Fsp3) is 0.636. The van der Waals surface area contributed by atoms with E-state index in [4.69, 9.17) is 0 Å². The maximum Gasteiger partial charge on any atom is 0.253 e. The van der Waals surface area contributed by atoms with Gasteiger partial charge in [-0.2, -0.15) is 0 Å². The predicted molar refractivity (Wildman–Crippen MR) is 105 cm³/mol. The van der Waals surface area contributed by atoms with Crippen LogP contribution in [0.2, 0.25) is 0 Å². The first-order valence-electron chi connectivity index (χ1n) is 10.7. The van der Waals surface area contributed by atoms with Gasteiger partial charge < -0.3 is 14.7 Å². The van der Waals surface area contributed by atoms with Crippen LogP contribution in [-0.4, -0.2) is 66.6 Å². The molecule has 5 rings (SSSR count). The van der Waals surface area contributed by atoms with Gasteiger partial charge in [0.25, 0.3) is 5.91 Å². The third-order valence-corrected chi connectivity index (χ3v) is 6.85. The van der Waals surface area contributed by atoms with Gasteiger partial charge in [0.2, 0.25) is 5.91 Å². The first-order chi connectivity index (χ1) is 13.6. The largest absolute Gasteiger partial charge is 0.372 e. The molecule has 28 heavy (non-hydrogen) atoms. The van der Waals surface area contributed by atoms with E-state index in [0.29, 0.717) is 37.5 Å². The van der Waals surface area contributed by atoms with Crippen molar-refractivity contribution in [3.8, 4) is 0 Å². The fourth-order valence-corrected chi connectivity index (χ4v) is 5.18. The Morgan fingerprint density at radius 3 is 2.32 bits per heavy atom. The van der Waals surface area contributed by atoms with Gasteiger partial charge in [-0.25, -0.2) is 4.39 Å². The average Bonchev–Trinajstić information content (AvgIpc) is 3.40. The molecule has 0 radical (unpaired) electrons. The van der Waals surface area contributed by atoms with Gasteiger partial charge in [-0.05, 0) is 62.3 Å². The lowest BCUT2D eigenvalue weighted by molar-refractivity contribution is -0.133. The third-order valence-electron chi connectivity index (χ3n) is 6.85. The molecule has 5 nitrogen and oxygen atoms in total. The van der Waals surface area contributed by atoms with Gasteiger partial charge in [-0.3, -0.25) is 9.59 Å². The average molecular weight is 385 g/mol. The van der Waals surface area contributed by atoms with E-state index in [9.17, 15) is 14.0 Å². The number of fused-ring (bicyclic) bond motifs is 2. The van der Waals surface area contributed by atoms with Gasteiger partial charge in [0.15, 0.2) is 0 Å². The number of piperidine rings is 2. The minimum Gasteiger partial charge on any atom is -0.372 e. The van der Waals surface area contributed by atoms with E-state index in [1.54, 1.807) is 0 Å². The molecule has 2 unspecified atom stereocenters. The minimum absolute atomic E-state index is 0.0415. The molecule has 4 atom stereocenters. The highest BCUT2D eigenvalue weighted by Gasteiger charge is 2.50. The van der Waals surface area contributed by atoms with E-state index < -0.39 is 12.1 Å². The zero-order valence-electron chi connectivity index (χ0n) is 16.2. The van der Waals surface area contributed by atoms with Crippen molar-refractivity contribution in [3.63, 3.8) is 0 Å². The first-order valence-corrected chi connectivity index (χ1v) is 10.7. The molecule has 0 N–H and O–H groups in total. The van der Waals surface area contributed by atoms with Crippen LogP contribution in [0.4, 0.5) is 10.1 Å². The van der Waals surface area contributed by atoms with Gasteiger partial charge in [-0.15, -0.1) is 0 Å². The highest BCUT2D eigenvalue weighted by molar-refractivity contribution is 5.95. The summed E-state index contributed by atoms with van der Waals surface area (Å²) in [7, 11) is 0. The Bertz CT molecular complexity index is 762. The fourth-order valence-electron chi connectivity index (χ4n) is 5.18. The standard InChI is InChI=1S/C22H28FN3O2/c23-20-11-19(20)22(28)26-13-15-10-18(26)14-25(12-15)21(27)16-4-6-17(7-5-16)24-8-2-1-3-9-24/h4-7,15,18-20H,1-3,8-14H2/t15?,18?,19-,20-/m1/s1. The number of hydrogen-bond donors (Lipinski definition) is 0. The lowest BCUT2D eigenvalue weighted by Crippen LogP contribution is -2.46. The summed E-state index contributed by atoms with van der Waals surface area (Å²) in [6.07, 6.45) is 4.12. The van der Waals surface area contributed by atoms with Crippen LogP contribution in [-0.2, 0) is 4.79 Å². The summed E-state index contributed by atoms with van der Waals surface area (Å²) in [5.41, 5.74) is 1.91. The van der Waals surface area contributed by atoms with Crippen LogP contribution in [0.5, 0.6) is 0 Å². The van der Waals surface area contributed by atoms with E-state index in [0.717, 1.165) is 19.5 Å². The molecule has 1 aliphatic carbocycles. The monoisotopic (exact) mass is 385 g/mol. The normalized spacial score (nSPS) is 31.8. The minimum atomic E-state index is -0.955. The van der Waals surface area contributed by atoms with Crippen LogP contribution in [0.15, 0.2) is 24.3 Å². The van der Waals surface area contributed by atoms with E-state index in [-0.39, 0.29) is 17.9 Å². The molecule has 0 aromatic heterocycles. The molecule has 6 heteroatoms. The van der Waals surface area contributed by atoms with Gasteiger partial charge in [0, 0.05) is 50.0 Å². The second-order valence-corrected chi connectivity index (χ2v) is 8.91. The van der Waals surface area contributed by atoms with E-state index in [1.165, 1.54) is 24.9 Å². The first kappa shape index (κ1) is 18.0. The maximum absolute atomic E-state index is 13.3. The summed E-state index contributed by atoms with van der Waals surface area (Å²) >= 11 is 0. The SMILES string of the molecule is O=C(c1ccc(N2CCCCC2)cc1)N1CC2CC(C1)N(C(=O)[C@@H]1C[C@H]1F)C2. The van der Waals surface area contributed by atoms with E-state index in [1.807, 2.05) is 21.9 Å². The highest BCUT2D eigenvalue weighted by atomic mass is 19.1. The van der Waals surface area contributed by atoms with Crippen molar-refractivity contribution < 1.29 is 14.0 Å². The number of anilines is 1. The number of carbonyl (C=O) groups is 2. The van der Waals surface area contributed by atoms with Crippen molar-refractivity contribution in [1.29, 1.82) is 0 Å². The number of amides is 2. The molecule has 1 aromatic rings. The predicted octanol–water partition coefficient (Wildman–Crippen LogP) is 2.71. The summed E-state index contributed by atoms with van der Waals surface area (Å²) in [5.74, 6) is -0.105. The third kappa shape index (κ3) is 3.27. The van der Waals surface area contributed by atoms with Gasteiger partial charge in [0.1, 0.15) is 6.17 Å². The highest BCUT2D eigenvalue weighted by Crippen LogP contribution is 2.39. The number of carbonyl (C=O) groups excluding carboxylic acids is 2. The van der Waals surface area contributed by atoms with E-state index >= 15 is 0 Å². The van der Waals surface area contributed by atoms with Crippen molar-refractivity contribution in [3.05, 3.63) is 29.8 Å². The molecule has 4 aliphatic rings. The zero-order chi connectivity index (χ0) is 19.3. The quantitative estimate of drug-likeness (QED) is 0.804. The van der Waals surface area contributed by atoms with Crippen molar-refractivity contribution in [1.82, 2.24) is 9.80 Å². The van der Waals surface area contributed by atoms with Crippen LogP contribution in [0, 0.1) is 11.8 Å². The molecule has 2 amide bonds. The Morgan fingerprint density at radius 2 is 1.64 bits per heavy atom. The molecular weight excluding hydrogens is 357 g/mol. The number of likely N-dealkylation sites (tertiary alicyclic amines) is 2. The number of benzene rings is 1. The number of hydrogen-bond acceptors (Lipinski definition) is 3. The van der Waals surface area contributed by atoms with Crippen LogP contribution in [0.25, 0.3) is 0 Å². The zero-order valence-corrected chi connectivity index (χ0v) is 16.2. The van der Waals surface area contributed by atoms with Crippen molar-refractivity contribution in [2.24, 2.45) is 11.8 Å². The molecule has 3 heterocycles. The Kier molecular flexibility index (Phi) is 4.52.